The molecule has 0 unspecified atom stereocenters. The van der Waals surface area contributed by atoms with Crippen molar-refractivity contribution in [1.82, 2.24) is 9.88 Å². The molecule has 4 rings (SSSR count). The Morgan fingerprint density at radius 1 is 1.36 bits per heavy atom. The van der Waals surface area contributed by atoms with Gasteiger partial charge >= 0.3 is 0 Å². The second kappa shape index (κ2) is 5.56. The highest BCUT2D eigenvalue weighted by atomic mass is 16.3. The Labute approximate surface area is 131 Å². The van der Waals surface area contributed by atoms with Crippen LogP contribution in [0.15, 0.2) is 36.9 Å². The number of aromatic amines is 1. The second-order valence-corrected chi connectivity index (χ2v) is 6.73. The van der Waals surface area contributed by atoms with Crippen LogP contribution in [0.4, 0.5) is 0 Å². The normalized spacial score (nSPS) is 26.4. The van der Waals surface area contributed by atoms with E-state index in [2.05, 4.69) is 40.7 Å². The molecule has 3 heteroatoms. The van der Waals surface area contributed by atoms with Crippen LogP contribution in [0, 0.1) is 11.8 Å². The molecule has 0 saturated carbocycles. The Morgan fingerprint density at radius 3 is 3.05 bits per heavy atom. The van der Waals surface area contributed by atoms with Crippen LogP contribution in [0.25, 0.3) is 10.9 Å². The molecule has 3 heterocycles. The van der Waals surface area contributed by atoms with E-state index in [4.69, 9.17) is 0 Å². The summed E-state index contributed by atoms with van der Waals surface area (Å²) in [4.78, 5) is 6.30. The summed E-state index contributed by atoms with van der Waals surface area (Å²) in [6, 6.07) is 9.13. The van der Waals surface area contributed by atoms with E-state index >= 15 is 0 Å². The Morgan fingerprint density at radius 2 is 2.23 bits per heavy atom. The number of aromatic nitrogens is 1. The molecule has 116 valence electrons. The van der Waals surface area contributed by atoms with Crippen LogP contribution >= 0.6 is 0 Å². The van der Waals surface area contributed by atoms with E-state index in [1.54, 1.807) is 0 Å². The van der Waals surface area contributed by atoms with Gasteiger partial charge in [-0.05, 0) is 43.4 Å². The number of fused-ring (bicyclic) bond motifs is 5. The molecule has 2 aliphatic rings. The number of aliphatic hydroxyl groups excluding tert-OH is 1. The molecule has 1 saturated heterocycles. The number of nitrogens with zero attached hydrogens (tertiary/aromatic N) is 1. The first-order valence-electron chi connectivity index (χ1n) is 8.38. The fourth-order valence-corrected chi connectivity index (χ4v) is 4.44. The van der Waals surface area contributed by atoms with Crippen LogP contribution in [0.1, 0.15) is 30.1 Å². The van der Waals surface area contributed by atoms with Crippen LogP contribution in [-0.4, -0.2) is 34.7 Å². The zero-order valence-electron chi connectivity index (χ0n) is 13.0. The first-order chi connectivity index (χ1) is 10.8. The van der Waals surface area contributed by atoms with Crippen LogP contribution < -0.4 is 0 Å². The van der Waals surface area contributed by atoms with Gasteiger partial charge in [0.1, 0.15) is 0 Å². The maximum absolute atomic E-state index is 9.59. The summed E-state index contributed by atoms with van der Waals surface area (Å²) in [6.45, 7) is 6.42. The fourth-order valence-electron chi connectivity index (χ4n) is 4.44. The van der Waals surface area contributed by atoms with Gasteiger partial charge in [-0.2, -0.15) is 0 Å². The standard InChI is InChI=1S/C19H24N2O/c1-2-13(12-22)14-7-9-21-10-8-16-15-5-3-4-6-17(15)20-19(16)18(21)11-14/h2-6,13-14,18,20,22H,1,7-12H2/t13-,14+,18+/m1/s1. The molecule has 2 aliphatic heterocycles. The van der Waals surface area contributed by atoms with Gasteiger partial charge in [0.2, 0.25) is 0 Å². The first-order valence-corrected chi connectivity index (χ1v) is 8.38. The van der Waals surface area contributed by atoms with Crippen molar-refractivity contribution in [1.29, 1.82) is 0 Å². The smallest absolute Gasteiger partial charge is 0.0504 e. The molecule has 22 heavy (non-hydrogen) atoms. The second-order valence-electron chi connectivity index (χ2n) is 6.73. The summed E-state index contributed by atoms with van der Waals surface area (Å²) < 4.78 is 0. The number of piperidine rings is 1. The number of hydrogen-bond acceptors (Lipinski definition) is 2. The molecular formula is C19H24N2O. The van der Waals surface area contributed by atoms with Gasteiger partial charge in [0.05, 0.1) is 6.04 Å². The van der Waals surface area contributed by atoms with Gasteiger partial charge < -0.3 is 10.1 Å². The van der Waals surface area contributed by atoms with Crippen molar-refractivity contribution in [2.45, 2.75) is 25.3 Å². The zero-order valence-corrected chi connectivity index (χ0v) is 13.0. The van der Waals surface area contributed by atoms with Gasteiger partial charge in [-0.25, -0.2) is 0 Å². The lowest BCUT2D eigenvalue weighted by Gasteiger charge is -2.43. The molecule has 1 aromatic heterocycles. The summed E-state index contributed by atoms with van der Waals surface area (Å²) in [5.41, 5.74) is 4.19. The average molecular weight is 296 g/mol. The largest absolute Gasteiger partial charge is 0.396 e. The highest BCUT2D eigenvalue weighted by Gasteiger charge is 2.37. The Kier molecular flexibility index (Phi) is 3.55. The fraction of sp³-hybridized carbons (Fsp3) is 0.474. The molecule has 0 bridgehead atoms. The van der Waals surface area contributed by atoms with E-state index < -0.39 is 0 Å². The number of benzene rings is 1. The number of hydrogen-bond donors (Lipinski definition) is 2. The molecule has 1 fully saturated rings. The summed E-state index contributed by atoms with van der Waals surface area (Å²) in [5, 5.41) is 11.0. The minimum atomic E-state index is 0.223. The summed E-state index contributed by atoms with van der Waals surface area (Å²) >= 11 is 0. The predicted octanol–water partition coefficient (Wildman–Crippen LogP) is 3.27. The molecular weight excluding hydrogens is 272 g/mol. The highest BCUT2D eigenvalue weighted by molar-refractivity contribution is 5.85. The maximum atomic E-state index is 9.59. The lowest BCUT2D eigenvalue weighted by Crippen LogP contribution is -2.43. The SMILES string of the molecule is C=C[C@H](CO)[C@H]1CCN2CCc3c([nH]c4ccccc34)[C@@H]2C1. The van der Waals surface area contributed by atoms with E-state index in [0.717, 1.165) is 25.9 Å². The number of para-hydroxylation sites is 1. The van der Waals surface area contributed by atoms with Crippen molar-refractivity contribution in [2.24, 2.45) is 11.8 Å². The number of rotatable bonds is 3. The van der Waals surface area contributed by atoms with E-state index in [1.165, 1.54) is 28.6 Å². The molecule has 2 N–H and O–H groups in total. The summed E-state index contributed by atoms with van der Waals surface area (Å²) in [7, 11) is 0. The first kappa shape index (κ1) is 14.0. The van der Waals surface area contributed by atoms with Crippen molar-refractivity contribution in [3.8, 4) is 0 Å². The van der Waals surface area contributed by atoms with Gasteiger partial charge in [-0.15, -0.1) is 6.58 Å². The molecule has 3 atom stereocenters. The summed E-state index contributed by atoms with van der Waals surface area (Å²) in [6.07, 6.45) is 5.38. The highest BCUT2D eigenvalue weighted by Crippen LogP contribution is 2.42. The van der Waals surface area contributed by atoms with E-state index in [-0.39, 0.29) is 12.5 Å². The van der Waals surface area contributed by atoms with Crippen molar-refractivity contribution in [3.63, 3.8) is 0 Å². The Balaban J connectivity index is 1.70. The molecule has 3 nitrogen and oxygen atoms in total. The Hall–Kier alpha value is -1.58. The van der Waals surface area contributed by atoms with Gasteiger partial charge in [0, 0.05) is 35.7 Å². The Bertz CT molecular complexity index is 690. The minimum absolute atomic E-state index is 0.223. The maximum Gasteiger partial charge on any atom is 0.0504 e. The average Bonchev–Trinajstić information content (AvgIpc) is 2.95. The van der Waals surface area contributed by atoms with E-state index in [0.29, 0.717) is 12.0 Å². The van der Waals surface area contributed by atoms with Crippen LogP contribution in [-0.2, 0) is 6.42 Å². The van der Waals surface area contributed by atoms with Crippen LogP contribution in [0.2, 0.25) is 0 Å². The van der Waals surface area contributed by atoms with Crippen LogP contribution in [0.5, 0.6) is 0 Å². The van der Waals surface area contributed by atoms with Gasteiger partial charge in [-0.1, -0.05) is 24.3 Å². The third-order valence-corrected chi connectivity index (χ3v) is 5.70. The zero-order chi connectivity index (χ0) is 15.1. The van der Waals surface area contributed by atoms with Gasteiger partial charge in [0.15, 0.2) is 0 Å². The topological polar surface area (TPSA) is 39.3 Å². The molecule has 1 aromatic carbocycles. The third kappa shape index (κ3) is 2.11. The summed E-state index contributed by atoms with van der Waals surface area (Å²) in [5.74, 6) is 0.776. The molecule has 0 radical (unpaired) electrons. The number of H-pyrrole nitrogens is 1. The van der Waals surface area contributed by atoms with Gasteiger partial charge in [0.25, 0.3) is 0 Å². The molecule has 0 aliphatic carbocycles. The molecule has 0 amide bonds. The predicted molar refractivity (Wildman–Crippen MR) is 89.8 cm³/mol. The van der Waals surface area contributed by atoms with Crippen molar-refractivity contribution in [3.05, 3.63) is 48.2 Å². The van der Waals surface area contributed by atoms with Crippen molar-refractivity contribution >= 4 is 10.9 Å². The van der Waals surface area contributed by atoms with E-state index in [9.17, 15) is 5.11 Å². The van der Waals surface area contributed by atoms with Crippen molar-refractivity contribution in [2.75, 3.05) is 19.7 Å². The minimum Gasteiger partial charge on any atom is -0.396 e. The quantitative estimate of drug-likeness (QED) is 0.853. The lowest BCUT2D eigenvalue weighted by molar-refractivity contribution is 0.0704. The molecule has 2 aromatic rings. The third-order valence-electron chi connectivity index (χ3n) is 5.70. The number of aliphatic hydroxyl groups is 1. The monoisotopic (exact) mass is 296 g/mol. The number of nitrogens with one attached hydrogen (secondary N) is 1. The van der Waals surface area contributed by atoms with Crippen LogP contribution in [0.3, 0.4) is 0 Å². The van der Waals surface area contributed by atoms with Crippen molar-refractivity contribution < 1.29 is 5.11 Å². The van der Waals surface area contributed by atoms with Gasteiger partial charge in [-0.3, -0.25) is 4.90 Å². The lowest BCUT2D eigenvalue weighted by atomic mass is 9.78. The van der Waals surface area contributed by atoms with E-state index in [1.807, 2.05) is 6.08 Å². The molecule has 0 spiro atoms.